The molecule has 0 saturated carbocycles. The molecular formula is C16H28N2O. The second kappa shape index (κ2) is 6.58. The number of rotatable bonds is 6. The molecule has 0 amide bonds. The number of hydrogen-bond acceptors (Lipinski definition) is 3. The lowest BCUT2D eigenvalue weighted by Crippen LogP contribution is -2.59. The van der Waals surface area contributed by atoms with E-state index in [0.717, 1.165) is 13.0 Å². The fraction of sp³-hybridized carbons (Fsp3) is 0.750. The number of piperidine rings is 1. The summed E-state index contributed by atoms with van der Waals surface area (Å²) < 4.78 is 5.21. The number of nitrogens with one attached hydrogen (secondary N) is 1. The molecule has 1 fully saturated rings. The van der Waals surface area contributed by atoms with Crippen molar-refractivity contribution in [3.63, 3.8) is 0 Å². The standard InChI is InChI=1S/C16H28N2O/c1-4-17-15(12-14-8-11-19-13-14)16(2,3)18-9-6-5-7-10-18/h8,11,13,15,17H,4-7,9-10,12H2,1-3H3. The molecule has 0 spiro atoms. The smallest absolute Gasteiger partial charge is 0.0935 e. The highest BCUT2D eigenvalue weighted by Gasteiger charge is 2.35. The van der Waals surface area contributed by atoms with Crippen LogP contribution >= 0.6 is 0 Å². The minimum absolute atomic E-state index is 0.188. The molecule has 0 aliphatic carbocycles. The van der Waals surface area contributed by atoms with Crippen LogP contribution in [0.3, 0.4) is 0 Å². The second-order valence-electron chi connectivity index (χ2n) is 6.15. The molecular weight excluding hydrogens is 236 g/mol. The number of furan rings is 1. The Labute approximate surface area is 117 Å². The molecule has 3 heteroatoms. The predicted octanol–water partition coefficient (Wildman–Crippen LogP) is 3.06. The van der Waals surface area contributed by atoms with Gasteiger partial charge >= 0.3 is 0 Å². The maximum atomic E-state index is 5.21. The molecule has 0 aromatic carbocycles. The summed E-state index contributed by atoms with van der Waals surface area (Å²) in [5, 5.41) is 3.68. The van der Waals surface area contributed by atoms with Gasteiger partial charge in [0.05, 0.1) is 12.5 Å². The maximum Gasteiger partial charge on any atom is 0.0935 e. The van der Waals surface area contributed by atoms with Gasteiger partial charge in [0.25, 0.3) is 0 Å². The van der Waals surface area contributed by atoms with Crippen molar-refractivity contribution in [3.05, 3.63) is 24.2 Å². The molecule has 1 aliphatic heterocycles. The second-order valence-corrected chi connectivity index (χ2v) is 6.15. The number of likely N-dealkylation sites (N-methyl/N-ethyl adjacent to an activating group) is 1. The molecule has 1 aliphatic rings. The van der Waals surface area contributed by atoms with Gasteiger partial charge in [-0.05, 0) is 64.4 Å². The summed E-state index contributed by atoms with van der Waals surface area (Å²) in [6, 6.07) is 2.55. The van der Waals surface area contributed by atoms with Crippen LogP contribution in [0.4, 0.5) is 0 Å². The van der Waals surface area contributed by atoms with Gasteiger partial charge in [0, 0.05) is 11.6 Å². The predicted molar refractivity (Wildman–Crippen MR) is 79.4 cm³/mol. The van der Waals surface area contributed by atoms with Gasteiger partial charge in [-0.1, -0.05) is 13.3 Å². The molecule has 1 saturated heterocycles. The van der Waals surface area contributed by atoms with E-state index in [0.29, 0.717) is 6.04 Å². The fourth-order valence-electron chi connectivity index (χ4n) is 3.15. The normalized spacial score (nSPS) is 19.5. The summed E-state index contributed by atoms with van der Waals surface area (Å²) in [5.41, 5.74) is 1.48. The third kappa shape index (κ3) is 3.61. The van der Waals surface area contributed by atoms with Crippen LogP contribution in [-0.4, -0.2) is 36.1 Å². The number of likely N-dealkylation sites (tertiary alicyclic amines) is 1. The van der Waals surface area contributed by atoms with Crippen molar-refractivity contribution in [1.82, 2.24) is 10.2 Å². The van der Waals surface area contributed by atoms with Crippen molar-refractivity contribution in [3.8, 4) is 0 Å². The molecule has 0 bridgehead atoms. The van der Waals surface area contributed by atoms with Crippen molar-refractivity contribution in [1.29, 1.82) is 0 Å². The minimum atomic E-state index is 0.188. The zero-order valence-electron chi connectivity index (χ0n) is 12.6. The van der Waals surface area contributed by atoms with Crippen molar-refractivity contribution in [2.45, 2.75) is 58.0 Å². The van der Waals surface area contributed by atoms with Gasteiger partial charge in [0.15, 0.2) is 0 Å². The van der Waals surface area contributed by atoms with E-state index in [1.807, 2.05) is 6.26 Å². The Bertz CT molecular complexity index is 353. The lowest BCUT2D eigenvalue weighted by atomic mass is 9.86. The SMILES string of the molecule is CCNC(Cc1ccoc1)C(C)(C)N1CCCCC1. The summed E-state index contributed by atoms with van der Waals surface area (Å²) in [5.74, 6) is 0. The van der Waals surface area contributed by atoms with Crippen molar-refractivity contribution < 1.29 is 4.42 Å². The lowest BCUT2D eigenvalue weighted by Gasteiger charge is -2.46. The zero-order chi connectivity index (χ0) is 13.7. The van der Waals surface area contributed by atoms with E-state index in [9.17, 15) is 0 Å². The minimum Gasteiger partial charge on any atom is -0.472 e. The first-order valence-corrected chi connectivity index (χ1v) is 7.64. The lowest BCUT2D eigenvalue weighted by molar-refractivity contribution is 0.0615. The number of hydrogen-bond donors (Lipinski definition) is 1. The van der Waals surface area contributed by atoms with Crippen LogP contribution in [0.5, 0.6) is 0 Å². The van der Waals surface area contributed by atoms with Crippen LogP contribution in [0.1, 0.15) is 45.6 Å². The Hall–Kier alpha value is -0.800. The van der Waals surface area contributed by atoms with E-state index in [1.165, 1.54) is 37.9 Å². The molecule has 19 heavy (non-hydrogen) atoms. The molecule has 1 unspecified atom stereocenters. The Kier molecular flexibility index (Phi) is 5.06. The zero-order valence-corrected chi connectivity index (χ0v) is 12.6. The van der Waals surface area contributed by atoms with Crippen LogP contribution in [0.2, 0.25) is 0 Å². The van der Waals surface area contributed by atoms with Gasteiger partial charge in [0.2, 0.25) is 0 Å². The first-order valence-electron chi connectivity index (χ1n) is 7.64. The van der Waals surface area contributed by atoms with Gasteiger partial charge in [-0.25, -0.2) is 0 Å². The van der Waals surface area contributed by atoms with Crippen LogP contribution in [0.25, 0.3) is 0 Å². The summed E-state index contributed by atoms with van der Waals surface area (Å²) in [6.07, 6.45) is 8.75. The van der Waals surface area contributed by atoms with Gasteiger partial charge in [-0.15, -0.1) is 0 Å². The van der Waals surface area contributed by atoms with Crippen LogP contribution in [-0.2, 0) is 6.42 Å². The third-order valence-electron chi connectivity index (χ3n) is 4.49. The molecule has 2 rings (SSSR count). The van der Waals surface area contributed by atoms with Gasteiger partial charge in [-0.3, -0.25) is 4.90 Å². The molecule has 3 nitrogen and oxygen atoms in total. The fourth-order valence-corrected chi connectivity index (χ4v) is 3.15. The van der Waals surface area contributed by atoms with Crippen molar-refractivity contribution in [2.75, 3.05) is 19.6 Å². The van der Waals surface area contributed by atoms with Gasteiger partial charge in [-0.2, -0.15) is 0 Å². The number of nitrogens with zero attached hydrogens (tertiary/aromatic N) is 1. The van der Waals surface area contributed by atoms with Crippen LogP contribution < -0.4 is 5.32 Å². The molecule has 108 valence electrons. The van der Waals surface area contributed by atoms with E-state index < -0.39 is 0 Å². The van der Waals surface area contributed by atoms with Crippen molar-refractivity contribution >= 4 is 0 Å². The van der Waals surface area contributed by atoms with E-state index in [2.05, 4.69) is 37.1 Å². The summed E-state index contributed by atoms with van der Waals surface area (Å²) in [7, 11) is 0. The summed E-state index contributed by atoms with van der Waals surface area (Å²) in [6.45, 7) is 10.4. The molecule has 1 atom stereocenters. The summed E-state index contributed by atoms with van der Waals surface area (Å²) >= 11 is 0. The van der Waals surface area contributed by atoms with E-state index in [-0.39, 0.29) is 5.54 Å². The first-order chi connectivity index (χ1) is 9.14. The highest BCUT2D eigenvalue weighted by molar-refractivity contribution is 5.10. The Balaban J connectivity index is 2.06. The first kappa shape index (κ1) is 14.6. The molecule has 2 heterocycles. The summed E-state index contributed by atoms with van der Waals surface area (Å²) in [4.78, 5) is 2.66. The van der Waals surface area contributed by atoms with Crippen LogP contribution in [0.15, 0.2) is 23.0 Å². The Morgan fingerprint density at radius 3 is 2.63 bits per heavy atom. The topological polar surface area (TPSA) is 28.4 Å². The maximum absolute atomic E-state index is 5.21. The Morgan fingerprint density at radius 1 is 1.32 bits per heavy atom. The van der Waals surface area contributed by atoms with Crippen LogP contribution in [0, 0.1) is 0 Å². The molecule has 1 aromatic rings. The Morgan fingerprint density at radius 2 is 2.05 bits per heavy atom. The van der Waals surface area contributed by atoms with E-state index >= 15 is 0 Å². The average Bonchev–Trinajstić information content (AvgIpc) is 2.92. The highest BCUT2D eigenvalue weighted by Crippen LogP contribution is 2.26. The van der Waals surface area contributed by atoms with E-state index in [4.69, 9.17) is 4.42 Å². The van der Waals surface area contributed by atoms with Gasteiger partial charge in [0.1, 0.15) is 0 Å². The van der Waals surface area contributed by atoms with Crippen molar-refractivity contribution in [2.24, 2.45) is 0 Å². The third-order valence-corrected chi connectivity index (χ3v) is 4.49. The van der Waals surface area contributed by atoms with E-state index in [1.54, 1.807) is 6.26 Å². The quantitative estimate of drug-likeness (QED) is 0.856. The van der Waals surface area contributed by atoms with Gasteiger partial charge < -0.3 is 9.73 Å². The molecule has 1 N–H and O–H groups in total. The molecule has 0 radical (unpaired) electrons. The average molecular weight is 264 g/mol. The molecule has 1 aromatic heterocycles. The highest BCUT2D eigenvalue weighted by atomic mass is 16.3. The largest absolute Gasteiger partial charge is 0.472 e. The monoisotopic (exact) mass is 264 g/mol.